The fraction of sp³-hybridized carbons (Fsp3) is 0.667. The Balaban J connectivity index is 1.46. The molecule has 1 aliphatic heterocycles. The quantitative estimate of drug-likeness (QED) is 0.751. The number of nitrogens with one attached hydrogen (secondary N) is 2. The number of urea groups is 1. The van der Waals surface area contributed by atoms with Crippen LogP contribution in [0.15, 0.2) is 22.8 Å². The zero-order valence-corrected chi connectivity index (χ0v) is 14.4. The Morgan fingerprint density at radius 2 is 2.08 bits per heavy atom. The molecule has 2 fully saturated rings. The van der Waals surface area contributed by atoms with Crippen LogP contribution < -0.4 is 10.6 Å². The van der Waals surface area contributed by atoms with Crippen LogP contribution in [0.25, 0.3) is 0 Å². The third-order valence-corrected chi connectivity index (χ3v) is 5.22. The summed E-state index contributed by atoms with van der Waals surface area (Å²) in [5, 5.41) is 15.0. The molecule has 7 heteroatoms. The van der Waals surface area contributed by atoms with Crippen molar-refractivity contribution >= 4 is 11.9 Å². The average Bonchev–Trinajstić information content (AvgIpc) is 3.23. The summed E-state index contributed by atoms with van der Waals surface area (Å²) in [6.45, 7) is 0.883. The van der Waals surface area contributed by atoms with Gasteiger partial charge in [-0.15, -0.1) is 0 Å². The summed E-state index contributed by atoms with van der Waals surface area (Å²) >= 11 is 0. The normalized spacial score (nSPS) is 25.0. The molecule has 3 amide bonds. The van der Waals surface area contributed by atoms with E-state index in [0.29, 0.717) is 18.2 Å². The fourth-order valence-electron chi connectivity index (χ4n) is 4.08. The molecule has 3 N–H and O–H groups in total. The molecule has 138 valence electrons. The van der Waals surface area contributed by atoms with Crippen LogP contribution in [0.2, 0.25) is 0 Å². The Morgan fingerprint density at radius 3 is 2.80 bits per heavy atom. The molecule has 0 aromatic carbocycles. The zero-order chi connectivity index (χ0) is 17.6. The number of carbonyl (C=O) groups excluding carboxylic acids is 2. The van der Waals surface area contributed by atoms with E-state index in [9.17, 15) is 14.7 Å². The van der Waals surface area contributed by atoms with Crippen molar-refractivity contribution < 1.29 is 19.1 Å². The minimum absolute atomic E-state index is 0.145. The maximum atomic E-state index is 12.2. The second kappa shape index (κ2) is 8.49. The zero-order valence-electron chi connectivity index (χ0n) is 14.4. The molecule has 2 atom stereocenters. The molecule has 1 aromatic rings. The molecular weight excluding hydrogens is 322 g/mol. The van der Waals surface area contributed by atoms with E-state index in [4.69, 9.17) is 4.42 Å². The van der Waals surface area contributed by atoms with Crippen LogP contribution in [0, 0.1) is 5.92 Å². The van der Waals surface area contributed by atoms with Crippen molar-refractivity contribution in [2.45, 2.75) is 57.2 Å². The van der Waals surface area contributed by atoms with Crippen molar-refractivity contribution in [2.75, 3.05) is 13.1 Å². The molecule has 2 aliphatic rings. The SMILES string of the molecule is O=C(CN1C[C@H](O)C[C@@H]1C1CCCCC1)NC(=O)NCc1ccco1. The van der Waals surface area contributed by atoms with E-state index >= 15 is 0 Å². The molecule has 0 radical (unpaired) electrons. The number of amides is 3. The van der Waals surface area contributed by atoms with Gasteiger partial charge in [0.2, 0.25) is 5.91 Å². The molecule has 0 bridgehead atoms. The molecule has 3 rings (SSSR count). The van der Waals surface area contributed by atoms with E-state index in [0.717, 1.165) is 6.42 Å². The van der Waals surface area contributed by atoms with Crippen LogP contribution in [-0.2, 0) is 11.3 Å². The summed E-state index contributed by atoms with van der Waals surface area (Å²) in [6.07, 6.45) is 7.94. The lowest BCUT2D eigenvalue weighted by Gasteiger charge is -2.33. The summed E-state index contributed by atoms with van der Waals surface area (Å²) in [5.74, 6) is 0.834. The standard InChI is InChI=1S/C18H27N3O4/c22-14-9-16(13-5-2-1-3-6-13)21(11-14)12-17(23)20-18(24)19-10-15-7-4-8-25-15/h4,7-8,13-14,16,22H,1-3,5-6,9-12H2,(H2,19,20,23,24)/t14-,16-/m1/s1. The number of aliphatic hydroxyl groups is 1. The van der Waals surface area contributed by atoms with Crippen molar-refractivity contribution in [1.29, 1.82) is 0 Å². The third kappa shape index (κ3) is 5.06. The highest BCUT2D eigenvalue weighted by Gasteiger charge is 2.37. The van der Waals surface area contributed by atoms with Gasteiger partial charge in [-0.1, -0.05) is 19.3 Å². The number of rotatable bonds is 5. The first-order valence-electron chi connectivity index (χ1n) is 9.14. The number of furan rings is 1. The van der Waals surface area contributed by atoms with Gasteiger partial charge in [-0.05, 0) is 37.3 Å². The van der Waals surface area contributed by atoms with Crippen LogP contribution in [0.1, 0.15) is 44.3 Å². The Morgan fingerprint density at radius 1 is 1.28 bits per heavy atom. The predicted octanol–water partition coefficient (Wildman–Crippen LogP) is 1.62. The molecule has 1 aromatic heterocycles. The molecule has 1 aliphatic carbocycles. The Labute approximate surface area is 147 Å². The lowest BCUT2D eigenvalue weighted by molar-refractivity contribution is -0.121. The van der Waals surface area contributed by atoms with Gasteiger partial charge in [-0.2, -0.15) is 0 Å². The van der Waals surface area contributed by atoms with Crippen LogP contribution >= 0.6 is 0 Å². The minimum Gasteiger partial charge on any atom is -0.467 e. The highest BCUT2D eigenvalue weighted by Crippen LogP contribution is 2.34. The van der Waals surface area contributed by atoms with Crippen LogP contribution in [-0.4, -0.2) is 47.2 Å². The van der Waals surface area contributed by atoms with Gasteiger partial charge in [-0.3, -0.25) is 15.0 Å². The Hall–Kier alpha value is -1.86. The molecule has 25 heavy (non-hydrogen) atoms. The van der Waals surface area contributed by atoms with E-state index in [1.54, 1.807) is 12.1 Å². The number of nitrogens with zero attached hydrogens (tertiary/aromatic N) is 1. The average molecular weight is 349 g/mol. The first-order valence-corrected chi connectivity index (χ1v) is 9.14. The molecular formula is C18H27N3O4. The van der Waals surface area contributed by atoms with Gasteiger partial charge >= 0.3 is 6.03 Å². The van der Waals surface area contributed by atoms with E-state index in [2.05, 4.69) is 10.6 Å². The number of carbonyl (C=O) groups is 2. The Kier molecular flexibility index (Phi) is 6.09. The van der Waals surface area contributed by atoms with Crippen molar-refractivity contribution in [2.24, 2.45) is 5.92 Å². The molecule has 0 unspecified atom stereocenters. The number of imide groups is 1. The Bertz CT molecular complexity index is 569. The topological polar surface area (TPSA) is 94.8 Å². The lowest BCUT2D eigenvalue weighted by atomic mass is 9.83. The van der Waals surface area contributed by atoms with Crippen LogP contribution in [0.4, 0.5) is 4.79 Å². The van der Waals surface area contributed by atoms with Crippen molar-refractivity contribution in [3.63, 3.8) is 0 Å². The molecule has 7 nitrogen and oxygen atoms in total. The first kappa shape index (κ1) is 17.9. The predicted molar refractivity (Wildman–Crippen MR) is 91.6 cm³/mol. The van der Waals surface area contributed by atoms with Gasteiger partial charge in [0.25, 0.3) is 0 Å². The van der Waals surface area contributed by atoms with Gasteiger partial charge in [0.15, 0.2) is 0 Å². The number of likely N-dealkylation sites (tertiary alicyclic amines) is 1. The smallest absolute Gasteiger partial charge is 0.321 e. The van der Waals surface area contributed by atoms with Gasteiger partial charge in [0.1, 0.15) is 5.76 Å². The highest BCUT2D eigenvalue weighted by molar-refractivity contribution is 5.95. The van der Waals surface area contributed by atoms with Crippen LogP contribution in [0.5, 0.6) is 0 Å². The largest absolute Gasteiger partial charge is 0.467 e. The van der Waals surface area contributed by atoms with Crippen LogP contribution in [0.3, 0.4) is 0 Å². The van der Waals surface area contributed by atoms with Gasteiger partial charge in [0, 0.05) is 12.6 Å². The summed E-state index contributed by atoms with van der Waals surface area (Å²) in [6, 6.07) is 3.20. The lowest BCUT2D eigenvalue weighted by Crippen LogP contribution is -2.47. The maximum Gasteiger partial charge on any atom is 0.321 e. The van der Waals surface area contributed by atoms with E-state index in [-0.39, 0.29) is 31.1 Å². The number of hydrogen-bond donors (Lipinski definition) is 3. The number of aliphatic hydroxyl groups excluding tert-OH is 1. The maximum absolute atomic E-state index is 12.2. The summed E-state index contributed by atoms with van der Waals surface area (Å²) in [5.41, 5.74) is 0. The molecule has 2 heterocycles. The molecule has 1 saturated heterocycles. The van der Waals surface area contributed by atoms with E-state index < -0.39 is 6.03 Å². The summed E-state index contributed by atoms with van der Waals surface area (Å²) in [7, 11) is 0. The van der Waals surface area contributed by atoms with Gasteiger partial charge in [0.05, 0.1) is 25.5 Å². The number of hydrogen-bond acceptors (Lipinski definition) is 5. The van der Waals surface area contributed by atoms with Gasteiger partial charge in [-0.25, -0.2) is 4.79 Å². The first-order chi connectivity index (χ1) is 12.1. The van der Waals surface area contributed by atoms with Crippen molar-refractivity contribution in [3.05, 3.63) is 24.2 Å². The van der Waals surface area contributed by atoms with Crippen molar-refractivity contribution in [1.82, 2.24) is 15.5 Å². The van der Waals surface area contributed by atoms with Gasteiger partial charge < -0.3 is 14.8 Å². The monoisotopic (exact) mass is 349 g/mol. The highest BCUT2D eigenvalue weighted by atomic mass is 16.3. The molecule has 1 saturated carbocycles. The fourth-order valence-corrected chi connectivity index (χ4v) is 4.08. The third-order valence-electron chi connectivity index (χ3n) is 5.22. The summed E-state index contributed by atoms with van der Waals surface area (Å²) < 4.78 is 5.13. The van der Waals surface area contributed by atoms with E-state index in [1.165, 1.54) is 38.4 Å². The summed E-state index contributed by atoms with van der Waals surface area (Å²) in [4.78, 5) is 26.0. The minimum atomic E-state index is -0.532. The van der Waals surface area contributed by atoms with E-state index in [1.807, 2.05) is 4.90 Å². The second-order valence-electron chi connectivity index (χ2n) is 7.09. The molecule has 0 spiro atoms. The van der Waals surface area contributed by atoms with Crippen molar-refractivity contribution in [3.8, 4) is 0 Å². The second-order valence-corrected chi connectivity index (χ2v) is 7.09. The number of β-amino-alcohol motifs (C(OH)–C–C–N with tert-alkyl or cyclic N) is 1.